The predicted octanol–water partition coefficient (Wildman–Crippen LogP) is 4.17. The van der Waals surface area contributed by atoms with Gasteiger partial charge >= 0.3 is 0 Å². The molecular formula is C18H28N2O. The van der Waals surface area contributed by atoms with E-state index in [1.54, 1.807) is 6.07 Å². The van der Waals surface area contributed by atoms with Gasteiger partial charge in [-0.3, -0.25) is 4.79 Å². The van der Waals surface area contributed by atoms with E-state index in [2.05, 4.69) is 12.2 Å². The van der Waals surface area contributed by atoms with Gasteiger partial charge < -0.3 is 9.88 Å². The molecule has 116 valence electrons. The summed E-state index contributed by atoms with van der Waals surface area (Å²) in [5.41, 5.74) is 1.91. The fourth-order valence-corrected chi connectivity index (χ4v) is 4.27. The molecule has 3 heteroatoms. The van der Waals surface area contributed by atoms with Gasteiger partial charge in [-0.2, -0.15) is 0 Å². The number of nitrogens with zero attached hydrogens (tertiary/aromatic N) is 1. The SMILES string of the molecule is CCCn1cc(NC2CCC3(CCCC3)CC2)ccc1=O. The molecule has 0 saturated heterocycles. The maximum absolute atomic E-state index is 11.8. The first-order valence-electron chi connectivity index (χ1n) is 8.68. The van der Waals surface area contributed by atoms with Crippen LogP contribution in [0.5, 0.6) is 0 Å². The lowest BCUT2D eigenvalue weighted by Gasteiger charge is -2.37. The van der Waals surface area contributed by atoms with Gasteiger partial charge in [0.15, 0.2) is 0 Å². The van der Waals surface area contributed by atoms with E-state index in [4.69, 9.17) is 0 Å². The van der Waals surface area contributed by atoms with Crippen LogP contribution in [0.3, 0.4) is 0 Å². The molecule has 3 nitrogen and oxygen atoms in total. The van der Waals surface area contributed by atoms with Crippen LogP contribution in [0.15, 0.2) is 23.1 Å². The molecule has 0 amide bonds. The first-order valence-corrected chi connectivity index (χ1v) is 8.68. The number of hydrogen-bond acceptors (Lipinski definition) is 2. The summed E-state index contributed by atoms with van der Waals surface area (Å²) in [7, 11) is 0. The Morgan fingerprint density at radius 1 is 1.19 bits per heavy atom. The molecule has 21 heavy (non-hydrogen) atoms. The van der Waals surface area contributed by atoms with E-state index in [1.807, 2.05) is 16.8 Å². The van der Waals surface area contributed by atoms with Crippen molar-refractivity contribution in [1.82, 2.24) is 4.57 Å². The summed E-state index contributed by atoms with van der Waals surface area (Å²) in [6.07, 6.45) is 14.1. The Labute approximate surface area is 127 Å². The van der Waals surface area contributed by atoms with Gasteiger partial charge in [0.2, 0.25) is 0 Å². The maximum Gasteiger partial charge on any atom is 0.250 e. The van der Waals surface area contributed by atoms with E-state index < -0.39 is 0 Å². The highest BCUT2D eigenvalue weighted by molar-refractivity contribution is 5.41. The second-order valence-corrected chi connectivity index (χ2v) is 7.08. The van der Waals surface area contributed by atoms with Crippen LogP contribution < -0.4 is 10.9 Å². The van der Waals surface area contributed by atoms with Crippen molar-refractivity contribution in [2.45, 2.75) is 77.3 Å². The highest BCUT2D eigenvalue weighted by Gasteiger charge is 2.37. The molecule has 0 radical (unpaired) electrons. The summed E-state index contributed by atoms with van der Waals surface area (Å²) in [6.45, 7) is 2.91. The van der Waals surface area contributed by atoms with Gasteiger partial charge in [-0.15, -0.1) is 0 Å². The lowest BCUT2D eigenvalue weighted by Crippen LogP contribution is -2.32. The van der Waals surface area contributed by atoms with Gasteiger partial charge in [-0.05, 0) is 56.4 Å². The second-order valence-electron chi connectivity index (χ2n) is 7.08. The largest absolute Gasteiger partial charge is 0.381 e. The summed E-state index contributed by atoms with van der Waals surface area (Å²) in [5, 5.41) is 3.65. The molecule has 1 N–H and O–H groups in total. The van der Waals surface area contributed by atoms with Crippen LogP contribution in [0.1, 0.15) is 64.7 Å². The van der Waals surface area contributed by atoms with E-state index in [-0.39, 0.29) is 5.56 Å². The number of hydrogen-bond donors (Lipinski definition) is 1. The summed E-state index contributed by atoms with van der Waals surface area (Å²) < 4.78 is 1.82. The number of aromatic nitrogens is 1. The summed E-state index contributed by atoms with van der Waals surface area (Å²) in [4.78, 5) is 11.8. The number of aryl methyl sites for hydroxylation is 1. The molecule has 1 aromatic heterocycles. The minimum absolute atomic E-state index is 0.107. The van der Waals surface area contributed by atoms with Crippen molar-refractivity contribution in [3.63, 3.8) is 0 Å². The van der Waals surface area contributed by atoms with E-state index >= 15 is 0 Å². The molecule has 0 unspecified atom stereocenters. The van der Waals surface area contributed by atoms with E-state index in [0.29, 0.717) is 11.5 Å². The second kappa shape index (κ2) is 6.25. The molecule has 2 aliphatic rings. The molecule has 2 aliphatic carbocycles. The van der Waals surface area contributed by atoms with Gasteiger partial charge in [0.25, 0.3) is 5.56 Å². The fourth-order valence-electron chi connectivity index (χ4n) is 4.27. The Morgan fingerprint density at radius 2 is 1.90 bits per heavy atom. The Kier molecular flexibility index (Phi) is 4.37. The van der Waals surface area contributed by atoms with Gasteiger partial charge in [-0.1, -0.05) is 19.8 Å². The zero-order valence-electron chi connectivity index (χ0n) is 13.2. The molecule has 1 spiro atoms. The van der Waals surface area contributed by atoms with Crippen molar-refractivity contribution < 1.29 is 0 Å². The predicted molar refractivity (Wildman–Crippen MR) is 87.8 cm³/mol. The zero-order chi connectivity index (χ0) is 14.7. The molecule has 2 saturated carbocycles. The van der Waals surface area contributed by atoms with Crippen LogP contribution in [-0.4, -0.2) is 10.6 Å². The van der Waals surface area contributed by atoms with Crippen LogP contribution >= 0.6 is 0 Å². The van der Waals surface area contributed by atoms with Crippen molar-refractivity contribution in [2.75, 3.05) is 5.32 Å². The average Bonchev–Trinajstić information content (AvgIpc) is 2.94. The topological polar surface area (TPSA) is 34.0 Å². The van der Waals surface area contributed by atoms with Gasteiger partial charge in [0, 0.05) is 24.8 Å². The number of nitrogens with one attached hydrogen (secondary N) is 1. The smallest absolute Gasteiger partial charge is 0.250 e. The van der Waals surface area contributed by atoms with E-state index in [0.717, 1.165) is 18.7 Å². The summed E-state index contributed by atoms with van der Waals surface area (Å²) in [6, 6.07) is 4.22. The van der Waals surface area contributed by atoms with Crippen molar-refractivity contribution in [3.8, 4) is 0 Å². The van der Waals surface area contributed by atoms with Crippen molar-refractivity contribution in [2.24, 2.45) is 5.41 Å². The summed E-state index contributed by atoms with van der Waals surface area (Å²) >= 11 is 0. The lowest BCUT2D eigenvalue weighted by atomic mass is 9.71. The van der Waals surface area contributed by atoms with Crippen molar-refractivity contribution >= 4 is 5.69 Å². The molecule has 3 rings (SSSR count). The van der Waals surface area contributed by atoms with Gasteiger partial charge in [0.1, 0.15) is 0 Å². The Balaban J connectivity index is 1.60. The maximum atomic E-state index is 11.8. The third-order valence-corrected chi connectivity index (χ3v) is 5.53. The molecule has 0 bridgehead atoms. The van der Waals surface area contributed by atoms with Crippen molar-refractivity contribution in [3.05, 3.63) is 28.7 Å². The first-order chi connectivity index (χ1) is 10.2. The molecule has 2 fully saturated rings. The standard InChI is InChI=1S/C18H28N2O/c1-2-13-20-14-16(5-6-17(20)21)19-15-7-11-18(12-8-15)9-3-4-10-18/h5-6,14-15,19H,2-4,7-13H2,1H3. The quantitative estimate of drug-likeness (QED) is 0.902. The van der Waals surface area contributed by atoms with Crippen LogP contribution in [0.25, 0.3) is 0 Å². The lowest BCUT2D eigenvalue weighted by molar-refractivity contribution is 0.188. The fraction of sp³-hybridized carbons (Fsp3) is 0.722. The number of anilines is 1. The van der Waals surface area contributed by atoms with Gasteiger partial charge in [0.05, 0.1) is 5.69 Å². The summed E-state index contributed by atoms with van der Waals surface area (Å²) in [5.74, 6) is 0. The minimum atomic E-state index is 0.107. The Bertz CT molecular complexity index is 518. The molecule has 0 aliphatic heterocycles. The molecule has 1 heterocycles. The van der Waals surface area contributed by atoms with Crippen LogP contribution in [-0.2, 0) is 6.54 Å². The molecule has 0 aromatic carbocycles. The van der Waals surface area contributed by atoms with Crippen LogP contribution in [0, 0.1) is 5.41 Å². The minimum Gasteiger partial charge on any atom is -0.381 e. The van der Waals surface area contributed by atoms with E-state index in [1.165, 1.54) is 51.4 Å². The van der Waals surface area contributed by atoms with Crippen molar-refractivity contribution in [1.29, 1.82) is 0 Å². The molecule has 0 atom stereocenters. The Hall–Kier alpha value is -1.25. The highest BCUT2D eigenvalue weighted by atomic mass is 16.1. The first kappa shape index (κ1) is 14.7. The van der Waals surface area contributed by atoms with Crippen LogP contribution in [0.4, 0.5) is 5.69 Å². The number of pyridine rings is 1. The third-order valence-electron chi connectivity index (χ3n) is 5.53. The van der Waals surface area contributed by atoms with Crippen LogP contribution in [0.2, 0.25) is 0 Å². The van der Waals surface area contributed by atoms with Gasteiger partial charge in [-0.25, -0.2) is 0 Å². The van der Waals surface area contributed by atoms with E-state index in [9.17, 15) is 4.79 Å². The molecule has 1 aromatic rings. The zero-order valence-corrected chi connectivity index (χ0v) is 13.2. The molecular weight excluding hydrogens is 260 g/mol. The number of rotatable bonds is 4. The third kappa shape index (κ3) is 3.33. The highest BCUT2D eigenvalue weighted by Crippen LogP contribution is 2.49. The average molecular weight is 288 g/mol. The Morgan fingerprint density at radius 3 is 2.57 bits per heavy atom. The monoisotopic (exact) mass is 288 g/mol. The normalized spacial score (nSPS) is 21.8.